The molecule has 98 valence electrons. The van der Waals surface area contributed by atoms with Crippen molar-refractivity contribution in [3.05, 3.63) is 18.6 Å². The molecule has 1 aliphatic carbocycles. The predicted molar refractivity (Wildman–Crippen MR) is 61.0 cm³/mol. The van der Waals surface area contributed by atoms with Gasteiger partial charge in [-0.15, -0.1) is 0 Å². The molecule has 0 saturated heterocycles. The van der Waals surface area contributed by atoms with Crippen LogP contribution in [0.1, 0.15) is 12.8 Å². The number of nitrogens with zero attached hydrogens (tertiary/aromatic N) is 2. The van der Waals surface area contributed by atoms with E-state index in [0.29, 0.717) is 12.3 Å². The van der Waals surface area contributed by atoms with Crippen molar-refractivity contribution in [1.82, 2.24) is 9.97 Å². The number of aromatic nitrogens is 2. The summed E-state index contributed by atoms with van der Waals surface area (Å²) in [6, 6.07) is 1.56. The number of aliphatic hydroxyl groups excluding tert-OH is 1. The van der Waals surface area contributed by atoms with E-state index < -0.39 is 25.4 Å². The largest absolute Gasteiger partial charge is 0.541 e. The van der Waals surface area contributed by atoms with Gasteiger partial charge in [0, 0.05) is 12.3 Å². The number of hydrogen-bond donors (Lipinski definition) is 3. The number of ether oxygens (including phenoxy) is 1. The van der Waals surface area contributed by atoms with Gasteiger partial charge in [0.2, 0.25) is 5.88 Å². The van der Waals surface area contributed by atoms with E-state index in [9.17, 15) is 9.67 Å². The van der Waals surface area contributed by atoms with E-state index in [2.05, 4.69) is 9.97 Å². The highest BCUT2D eigenvalue weighted by molar-refractivity contribution is 7.39. The minimum atomic E-state index is -2.80. The van der Waals surface area contributed by atoms with E-state index in [4.69, 9.17) is 14.7 Å². The standard InChI is InChI=1S/C10H13N2O5P/c13-5-7-3-8(4-10(7,14)18(15)16)17-9-1-2-11-6-12-9/h1-2,6-8,13-14H,3-5H2/p+1/t7-,8-,10?/m1/s1. The first-order valence-corrected chi connectivity index (χ1v) is 6.69. The van der Waals surface area contributed by atoms with Crippen molar-refractivity contribution >= 4 is 8.03 Å². The third-order valence-electron chi connectivity index (χ3n) is 3.12. The Balaban J connectivity index is 2.08. The van der Waals surface area contributed by atoms with E-state index in [-0.39, 0.29) is 13.0 Å². The fraction of sp³-hybridized carbons (Fsp3) is 0.600. The van der Waals surface area contributed by atoms with Gasteiger partial charge in [-0.3, -0.25) is 0 Å². The average molecular weight is 273 g/mol. The summed E-state index contributed by atoms with van der Waals surface area (Å²) >= 11 is 0. The lowest BCUT2D eigenvalue weighted by Crippen LogP contribution is -2.31. The molecule has 1 aliphatic rings. The van der Waals surface area contributed by atoms with Crippen LogP contribution in [0.15, 0.2) is 18.6 Å². The second-order valence-electron chi connectivity index (χ2n) is 4.26. The summed E-state index contributed by atoms with van der Waals surface area (Å²) in [4.78, 5) is 16.8. The maximum atomic E-state index is 11.2. The Kier molecular flexibility index (Phi) is 3.87. The van der Waals surface area contributed by atoms with E-state index >= 15 is 0 Å². The molecular formula is C10H14N2O5P+. The van der Waals surface area contributed by atoms with Gasteiger partial charge in [0.15, 0.2) is 0 Å². The first kappa shape index (κ1) is 13.3. The molecule has 2 rings (SSSR count). The molecule has 0 aliphatic heterocycles. The van der Waals surface area contributed by atoms with Gasteiger partial charge in [-0.25, -0.2) is 9.97 Å². The predicted octanol–water partition coefficient (Wildman–Crippen LogP) is 0.0496. The maximum Gasteiger partial charge on any atom is 0.541 e. The molecule has 0 amide bonds. The van der Waals surface area contributed by atoms with Gasteiger partial charge >= 0.3 is 13.4 Å². The first-order chi connectivity index (χ1) is 8.56. The second-order valence-corrected chi connectivity index (χ2v) is 5.58. The molecule has 0 bridgehead atoms. The third-order valence-corrected chi connectivity index (χ3v) is 4.33. The summed E-state index contributed by atoms with van der Waals surface area (Å²) in [5, 5.41) is 17.4. The first-order valence-electron chi connectivity index (χ1n) is 5.48. The summed E-state index contributed by atoms with van der Waals surface area (Å²) in [6.07, 6.45) is 2.69. The van der Waals surface area contributed by atoms with Gasteiger partial charge in [-0.2, -0.15) is 4.89 Å². The number of aliphatic hydroxyl groups is 2. The second kappa shape index (κ2) is 5.24. The zero-order valence-electron chi connectivity index (χ0n) is 9.51. The smallest absolute Gasteiger partial charge is 0.474 e. The number of rotatable bonds is 4. The van der Waals surface area contributed by atoms with Crippen LogP contribution in [0.25, 0.3) is 0 Å². The lowest BCUT2D eigenvalue weighted by Gasteiger charge is -2.13. The van der Waals surface area contributed by atoms with Crippen LogP contribution in [0.5, 0.6) is 5.88 Å². The summed E-state index contributed by atoms with van der Waals surface area (Å²) in [5.74, 6) is -0.331. The van der Waals surface area contributed by atoms with Crippen LogP contribution in [0.3, 0.4) is 0 Å². The molecule has 1 aromatic heterocycles. The molecule has 1 fully saturated rings. The van der Waals surface area contributed by atoms with Crippen LogP contribution in [-0.2, 0) is 4.57 Å². The van der Waals surface area contributed by atoms with Crippen molar-refractivity contribution in [2.75, 3.05) is 6.61 Å². The van der Waals surface area contributed by atoms with Crippen molar-refractivity contribution in [2.24, 2.45) is 5.92 Å². The maximum absolute atomic E-state index is 11.2. The highest BCUT2D eigenvalue weighted by Crippen LogP contribution is 2.50. The highest BCUT2D eigenvalue weighted by atomic mass is 31.1. The van der Waals surface area contributed by atoms with Crippen molar-refractivity contribution in [2.45, 2.75) is 24.3 Å². The van der Waals surface area contributed by atoms with Crippen LogP contribution < -0.4 is 4.74 Å². The quantitative estimate of drug-likeness (QED) is 0.664. The molecule has 4 atom stereocenters. The Bertz CT molecular complexity index is 432. The molecule has 1 aromatic rings. The molecule has 2 unspecified atom stereocenters. The van der Waals surface area contributed by atoms with Gasteiger partial charge < -0.3 is 14.9 Å². The monoisotopic (exact) mass is 273 g/mol. The summed E-state index contributed by atoms with van der Waals surface area (Å²) in [5.41, 5.74) is 0. The van der Waals surface area contributed by atoms with Crippen LogP contribution in [0.2, 0.25) is 0 Å². The lowest BCUT2D eigenvalue weighted by atomic mass is 10.1. The van der Waals surface area contributed by atoms with Crippen molar-refractivity contribution in [3.8, 4) is 5.88 Å². The average Bonchev–Trinajstić information content (AvgIpc) is 2.68. The van der Waals surface area contributed by atoms with Crippen molar-refractivity contribution < 1.29 is 24.4 Å². The van der Waals surface area contributed by atoms with E-state index in [1.54, 1.807) is 6.07 Å². The van der Waals surface area contributed by atoms with Gasteiger partial charge in [0.1, 0.15) is 12.4 Å². The Morgan fingerprint density at radius 3 is 2.89 bits per heavy atom. The molecule has 8 heteroatoms. The molecule has 0 aromatic carbocycles. The SMILES string of the molecule is O=[P+](O)C1(O)C[C@H](Oc2ccncn2)C[C@@H]1CO. The van der Waals surface area contributed by atoms with E-state index in [0.717, 1.165) is 0 Å². The van der Waals surface area contributed by atoms with Crippen molar-refractivity contribution in [3.63, 3.8) is 0 Å². The Hall–Kier alpha value is -1.14. The van der Waals surface area contributed by atoms with E-state index in [1.807, 2.05) is 0 Å². The molecule has 7 nitrogen and oxygen atoms in total. The minimum Gasteiger partial charge on any atom is -0.474 e. The van der Waals surface area contributed by atoms with Crippen LogP contribution in [0, 0.1) is 5.92 Å². The van der Waals surface area contributed by atoms with Crippen LogP contribution in [0.4, 0.5) is 0 Å². The lowest BCUT2D eigenvalue weighted by molar-refractivity contribution is 0.0439. The summed E-state index contributed by atoms with van der Waals surface area (Å²) < 4.78 is 16.7. The molecule has 18 heavy (non-hydrogen) atoms. The minimum absolute atomic E-state index is 0.00602. The summed E-state index contributed by atoms with van der Waals surface area (Å²) in [6.45, 7) is -0.359. The number of hydrogen-bond acceptors (Lipinski definition) is 6. The molecule has 3 N–H and O–H groups in total. The van der Waals surface area contributed by atoms with Crippen LogP contribution >= 0.6 is 8.03 Å². The Morgan fingerprint density at radius 2 is 2.39 bits per heavy atom. The molecule has 1 heterocycles. The zero-order valence-corrected chi connectivity index (χ0v) is 10.4. The molecule has 1 saturated carbocycles. The van der Waals surface area contributed by atoms with Gasteiger partial charge in [0.05, 0.1) is 18.9 Å². The Morgan fingerprint density at radius 1 is 1.61 bits per heavy atom. The third kappa shape index (κ3) is 2.49. The zero-order chi connectivity index (χ0) is 13.2. The molecule has 0 radical (unpaired) electrons. The summed E-state index contributed by atoms with van der Waals surface area (Å²) in [7, 11) is -2.80. The van der Waals surface area contributed by atoms with E-state index in [1.165, 1.54) is 12.5 Å². The molecular weight excluding hydrogens is 259 g/mol. The highest BCUT2D eigenvalue weighted by Gasteiger charge is 2.61. The van der Waals surface area contributed by atoms with Gasteiger partial charge in [-0.05, 0) is 11.0 Å². The fourth-order valence-electron chi connectivity index (χ4n) is 2.15. The van der Waals surface area contributed by atoms with Crippen LogP contribution in [-0.4, -0.2) is 43.1 Å². The fourth-order valence-corrected chi connectivity index (χ4v) is 3.01. The topological polar surface area (TPSA) is 113 Å². The molecule has 0 spiro atoms. The van der Waals surface area contributed by atoms with Gasteiger partial charge in [-0.1, -0.05) is 0 Å². The normalized spacial score (nSPS) is 32.3. The Labute approximate surface area is 104 Å². The van der Waals surface area contributed by atoms with Gasteiger partial charge in [0.25, 0.3) is 0 Å². The van der Waals surface area contributed by atoms with Crippen molar-refractivity contribution in [1.29, 1.82) is 0 Å².